The molecule has 0 aliphatic carbocycles. The van der Waals surface area contributed by atoms with Gasteiger partial charge in [0.2, 0.25) is 0 Å². The number of pyridine rings is 1. The summed E-state index contributed by atoms with van der Waals surface area (Å²) < 4.78 is 5.69. The van der Waals surface area contributed by atoms with Crippen molar-refractivity contribution in [2.75, 3.05) is 12.3 Å². The molecule has 0 saturated heterocycles. The van der Waals surface area contributed by atoms with Gasteiger partial charge in [-0.2, -0.15) is 0 Å². The summed E-state index contributed by atoms with van der Waals surface area (Å²) in [6, 6.07) is 12.3. The van der Waals surface area contributed by atoms with Crippen molar-refractivity contribution in [1.82, 2.24) is 4.98 Å². The van der Waals surface area contributed by atoms with Crippen LogP contribution in [0, 0.1) is 0 Å². The van der Waals surface area contributed by atoms with Crippen molar-refractivity contribution in [1.29, 1.82) is 0 Å². The first-order chi connectivity index (χ1) is 8.83. The van der Waals surface area contributed by atoms with Gasteiger partial charge in [0.1, 0.15) is 11.6 Å². The fourth-order valence-electron chi connectivity index (χ4n) is 2.46. The van der Waals surface area contributed by atoms with Gasteiger partial charge in [-0.3, -0.25) is 0 Å². The van der Waals surface area contributed by atoms with Crippen molar-refractivity contribution in [3.8, 4) is 5.75 Å². The van der Waals surface area contributed by atoms with Crippen LogP contribution in [0.15, 0.2) is 42.6 Å². The molecule has 0 spiro atoms. The van der Waals surface area contributed by atoms with Crippen LogP contribution in [-0.2, 0) is 6.42 Å². The molecule has 1 aliphatic rings. The Labute approximate surface area is 107 Å². The lowest BCUT2D eigenvalue weighted by atomic mass is 9.94. The van der Waals surface area contributed by atoms with Crippen molar-refractivity contribution in [2.45, 2.75) is 18.8 Å². The van der Waals surface area contributed by atoms with E-state index in [-0.39, 0.29) is 0 Å². The predicted octanol–water partition coefficient (Wildman–Crippen LogP) is 2.77. The van der Waals surface area contributed by atoms with Gasteiger partial charge < -0.3 is 10.5 Å². The van der Waals surface area contributed by atoms with Crippen LogP contribution in [0.1, 0.15) is 23.5 Å². The Morgan fingerprint density at radius 2 is 2.17 bits per heavy atom. The molecule has 0 amide bonds. The third-order valence-corrected chi connectivity index (χ3v) is 3.43. The highest BCUT2D eigenvalue weighted by Gasteiger charge is 2.22. The Kier molecular flexibility index (Phi) is 2.89. The molecule has 2 aromatic rings. The van der Waals surface area contributed by atoms with E-state index in [1.807, 2.05) is 24.3 Å². The average molecular weight is 240 g/mol. The number of aromatic nitrogens is 1. The lowest BCUT2D eigenvalue weighted by molar-refractivity contribution is 0.325. The van der Waals surface area contributed by atoms with E-state index in [1.54, 1.807) is 6.20 Å². The number of hydrogen-bond acceptors (Lipinski definition) is 3. The van der Waals surface area contributed by atoms with Crippen LogP contribution in [0.25, 0.3) is 0 Å². The van der Waals surface area contributed by atoms with Crippen molar-refractivity contribution in [3.63, 3.8) is 0 Å². The van der Waals surface area contributed by atoms with Gasteiger partial charge in [0.25, 0.3) is 0 Å². The number of aryl methyl sites for hydroxylation is 1. The molecule has 1 unspecified atom stereocenters. The maximum Gasteiger partial charge on any atom is 0.123 e. The summed E-state index contributed by atoms with van der Waals surface area (Å²) in [4.78, 5) is 4.01. The Morgan fingerprint density at radius 3 is 3.06 bits per heavy atom. The molecule has 3 nitrogen and oxygen atoms in total. The molecule has 1 aromatic carbocycles. The first kappa shape index (κ1) is 11.1. The number of hydrogen-bond donors (Lipinski definition) is 1. The van der Waals surface area contributed by atoms with Gasteiger partial charge in [-0.05, 0) is 36.6 Å². The smallest absolute Gasteiger partial charge is 0.123 e. The second-order valence-corrected chi connectivity index (χ2v) is 4.67. The largest absolute Gasteiger partial charge is 0.493 e. The SMILES string of the molecule is Nc1cc(CCC2COc3ccccc32)ccn1. The maximum atomic E-state index is 5.69. The number of nitrogen functional groups attached to an aromatic ring is 1. The lowest BCUT2D eigenvalue weighted by Gasteiger charge is -2.08. The zero-order chi connectivity index (χ0) is 12.4. The molecule has 0 saturated carbocycles. The number of benzene rings is 1. The Balaban J connectivity index is 1.69. The molecule has 18 heavy (non-hydrogen) atoms. The summed E-state index contributed by atoms with van der Waals surface area (Å²) in [5, 5.41) is 0. The number of fused-ring (bicyclic) bond motifs is 1. The number of nitrogens with two attached hydrogens (primary N) is 1. The van der Waals surface area contributed by atoms with E-state index in [1.165, 1.54) is 11.1 Å². The number of ether oxygens (including phenoxy) is 1. The summed E-state index contributed by atoms with van der Waals surface area (Å²) >= 11 is 0. The van der Waals surface area contributed by atoms with Crippen molar-refractivity contribution < 1.29 is 4.74 Å². The van der Waals surface area contributed by atoms with Crippen LogP contribution in [0.2, 0.25) is 0 Å². The van der Waals surface area contributed by atoms with E-state index < -0.39 is 0 Å². The molecule has 0 bridgehead atoms. The van der Waals surface area contributed by atoms with Gasteiger partial charge in [0, 0.05) is 17.7 Å². The zero-order valence-electron chi connectivity index (χ0n) is 10.2. The third-order valence-electron chi connectivity index (χ3n) is 3.43. The number of rotatable bonds is 3. The van der Waals surface area contributed by atoms with Gasteiger partial charge in [0.15, 0.2) is 0 Å². The molecule has 1 aromatic heterocycles. The number of nitrogens with zero attached hydrogens (tertiary/aromatic N) is 1. The Bertz CT molecular complexity index is 554. The van der Waals surface area contributed by atoms with Gasteiger partial charge >= 0.3 is 0 Å². The normalized spacial score (nSPS) is 17.2. The highest BCUT2D eigenvalue weighted by atomic mass is 16.5. The van der Waals surface area contributed by atoms with Crippen LogP contribution in [0.5, 0.6) is 5.75 Å². The minimum atomic E-state index is 0.496. The quantitative estimate of drug-likeness (QED) is 0.897. The molecule has 2 N–H and O–H groups in total. The van der Waals surface area contributed by atoms with Crippen LogP contribution in [0.3, 0.4) is 0 Å². The van der Waals surface area contributed by atoms with Crippen LogP contribution in [0.4, 0.5) is 5.82 Å². The van der Waals surface area contributed by atoms with Crippen LogP contribution < -0.4 is 10.5 Å². The monoisotopic (exact) mass is 240 g/mol. The van der Waals surface area contributed by atoms with Gasteiger partial charge in [-0.25, -0.2) is 4.98 Å². The second kappa shape index (κ2) is 4.69. The molecule has 1 aliphatic heterocycles. The first-order valence-corrected chi connectivity index (χ1v) is 6.25. The Hall–Kier alpha value is -2.03. The summed E-state index contributed by atoms with van der Waals surface area (Å²) in [6.07, 6.45) is 3.86. The minimum absolute atomic E-state index is 0.496. The average Bonchev–Trinajstić information content (AvgIpc) is 2.80. The lowest BCUT2D eigenvalue weighted by Crippen LogP contribution is -2.03. The molecule has 92 valence electrons. The molecular weight excluding hydrogens is 224 g/mol. The minimum Gasteiger partial charge on any atom is -0.493 e. The highest BCUT2D eigenvalue weighted by molar-refractivity contribution is 5.40. The fourth-order valence-corrected chi connectivity index (χ4v) is 2.46. The predicted molar refractivity (Wildman–Crippen MR) is 71.6 cm³/mol. The van der Waals surface area contributed by atoms with Gasteiger partial charge in [-0.1, -0.05) is 18.2 Å². The van der Waals surface area contributed by atoms with Gasteiger partial charge in [0.05, 0.1) is 6.61 Å². The molecule has 2 heterocycles. The third kappa shape index (κ3) is 2.16. The van der Waals surface area contributed by atoms with E-state index >= 15 is 0 Å². The molecular formula is C15H16N2O. The van der Waals surface area contributed by atoms with Crippen LogP contribution >= 0.6 is 0 Å². The molecule has 0 fully saturated rings. The second-order valence-electron chi connectivity index (χ2n) is 4.67. The summed E-state index contributed by atoms with van der Waals surface area (Å²) in [5.41, 5.74) is 8.26. The van der Waals surface area contributed by atoms with E-state index in [0.29, 0.717) is 11.7 Å². The van der Waals surface area contributed by atoms with Crippen molar-refractivity contribution >= 4 is 5.82 Å². The molecule has 1 atom stereocenters. The summed E-state index contributed by atoms with van der Waals surface area (Å²) in [5.74, 6) is 2.13. The van der Waals surface area contributed by atoms with E-state index in [4.69, 9.17) is 10.5 Å². The Morgan fingerprint density at radius 1 is 1.28 bits per heavy atom. The number of anilines is 1. The molecule has 0 radical (unpaired) electrons. The highest BCUT2D eigenvalue weighted by Crippen LogP contribution is 2.36. The van der Waals surface area contributed by atoms with E-state index in [2.05, 4.69) is 17.1 Å². The van der Waals surface area contributed by atoms with E-state index in [0.717, 1.165) is 25.2 Å². The molecule has 3 rings (SSSR count). The number of para-hydroxylation sites is 1. The zero-order valence-corrected chi connectivity index (χ0v) is 10.2. The summed E-state index contributed by atoms with van der Waals surface area (Å²) in [6.45, 7) is 0.792. The van der Waals surface area contributed by atoms with Crippen molar-refractivity contribution in [3.05, 3.63) is 53.7 Å². The summed E-state index contributed by atoms with van der Waals surface area (Å²) in [7, 11) is 0. The van der Waals surface area contributed by atoms with E-state index in [9.17, 15) is 0 Å². The van der Waals surface area contributed by atoms with Gasteiger partial charge in [-0.15, -0.1) is 0 Å². The maximum absolute atomic E-state index is 5.69. The fraction of sp³-hybridized carbons (Fsp3) is 0.267. The standard InChI is InChI=1S/C15H16N2O/c16-15-9-11(7-8-17-15)5-6-12-10-18-14-4-2-1-3-13(12)14/h1-4,7-9,12H,5-6,10H2,(H2,16,17). The first-order valence-electron chi connectivity index (χ1n) is 6.25. The molecule has 3 heteroatoms. The van der Waals surface area contributed by atoms with Crippen LogP contribution in [-0.4, -0.2) is 11.6 Å². The topological polar surface area (TPSA) is 48.1 Å². The van der Waals surface area contributed by atoms with Crippen molar-refractivity contribution in [2.24, 2.45) is 0 Å².